The number of rotatable bonds is 7. The first-order valence-electron chi connectivity index (χ1n) is 14.6. The SMILES string of the molecule is CCCCCN1CC=C[C@@]23O[C@H]4/C=C\CCC(=O)OC[C@H](c5ccccc5)NC(=O)[C@H]4[C@@H]2C(=O)N(CCO)[C@H]3C1=O. The summed E-state index contributed by atoms with van der Waals surface area (Å²) in [5.74, 6) is -3.32. The number of hydrogen-bond acceptors (Lipinski definition) is 7. The van der Waals surface area contributed by atoms with Crippen LogP contribution in [0.3, 0.4) is 0 Å². The number of aliphatic hydroxyl groups is 1. The third kappa shape index (κ3) is 5.55. The number of fused-ring (bicyclic) bond motifs is 2. The summed E-state index contributed by atoms with van der Waals surface area (Å²) in [6.07, 6.45) is 9.73. The second kappa shape index (κ2) is 12.6. The van der Waals surface area contributed by atoms with Gasteiger partial charge in [0.05, 0.1) is 30.6 Å². The van der Waals surface area contributed by atoms with Crippen LogP contribution in [-0.2, 0) is 28.7 Å². The Morgan fingerprint density at radius 1 is 1.05 bits per heavy atom. The molecule has 0 aliphatic carbocycles. The Labute approximate surface area is 240 Å². The summed E-state index contributed by atoms with van der Waals surface area (Å²) in [5.41, 5.74) is -0.606. The summed E-state index contributed by atoms with van der Waals surface area (Å²) in [5, 5.41) is 12.9. The van der Waals surface area contributed by atoms with Gasteiger partial charge in [-0.1, -0.05) is 74.4 Å². The normalized spacial score (nSPS) is 32.7. The highest BCUT2D eigenvalue weighted by Gasteiger charge is 2.71. The average Bonchev–Trinajstić information content (AvgIpc) is 3.35. The van der Waals surface area contributed by atoms with Gasteiger partial charge in [0.1, 0.15) is 18.2 Å². The molecule has 2 saturated heterocycles. The van der Waals surface area contributed by atoms with E-state index in [4.69, 9.17) is 9.47 Å². The first-order chi connectivity index (χ1) is 19.9. The number of benzene rings is 1. The molecule has 2 fully saturated rings. The molecule has 0 aromatic heterocycles. The molecule has 4 aliphatic rings. The predicted molar refractivity (Wildman–Crippen MR) is 149 cm³/mol. The zero-order valence-corrected chi connectivity index (χ0v) is 23.4. The van der Waals surface area contributed by atoms with E-state index in [2.05, 4.69) is 12.2 Å². The van der Waals surface area contributed by atoms with Gasteiger partial charge in [-0.05, 0) is 18.4 Å². The summed E-state index contributed by atoms with van der Waals surface area (Å²) in [6, 6.07) is 7.59. The summed E-state index contributed by atoms with van der Waals surface area (Å²) < 4.78 is 12.1. The van der Waals surface area contributed by atoms with Crippen molar-refractivity contribution < 1.29 is 33.8 Å². The van der Waals surface area contributed by atoms with Crippen molar-refractivity contribution in [1.82, 2.24) is 15.1 Å². The number of nitrogens with one attached hydrogen (secondary N) is 1. The van der Waals surface area contributed by atoms with E-state index in [1.165, 1.54) is 4.90 Å². The smallest absolute Gasteiger partial charge is 0.306 e. The van der Waals surface area contributed by atoms with Crippen LogP contribution in [0.25, 0.3) is 0 Å². The molecule has 0 unspecified atom stereocenters. The molecule has 1 aromatic rings. The molecule has 0 radical (unpaired) electrons. The van der Waals surface area contributed by atoms with Crippen molar-refractivity contribution in [2.24, 2.45) is 11.8 Å². The number of unbranched alkanes of at least 4 members (excludes halogenated alkanes) is 2. The maximum absolute atomic E-state index is 14.1. The minimum Gasteiger partial charge on any atom is -0.463 e. The van der Waals surface area contributed by atoms with Gasteiger partial charge in [-0.25, -0.2) is 0 Å². The molecule has 1 aromatic carbocycles. The number of carbonyl (C=O) groups excluding carboxylic acids is 4. The maximum Gasteiger partial charge on any atom is 0.306 e. The lowest BCUT2D eigenvalue weighted by molar-refractivity contribution is -0.148. The van der Waals surface area contributed by atoms with Crippen molar-refractivity contribution in [2.75, 3.05) is 32.8 Å². The molecule has 6 atom stereocenters. The van der Waals surface area contributed by atoms with Gasteiger partial charge in [-0.15, -0.1) is 0 Å². The molecule has 4 aliphatic heterocycles. The number of ether oxygens (including phenoxy) is 2. The van der Waals surface area contributed by atoms with E-state index < -0.39 is 41.5 Å². The number of esters is 1. The second-order valence-corrected chi connectivity index (χ2v) is 11.1. The predicted octanol–water partition coefficient (Wildman–Crippen LogP) is 1.90. The van der Waals surface area contributed by atoms with Crippen LogP contribution >= 0.6 is 0 Å². The number of β-amino-alcohol motifs (C(OH)–C–C–N with tert-alkyl or cyclic N) is 1. The third-order valence-electron chi connectivity index (χ3n) is 8.52. The van der Waals surface area contributed by atoms with E-state index in [1.807, 2.05) is 36.4 Å². The Bertz CT molecular complexity index is 1200. The highest BCUT2D eigenvalue weighted by atomic mass is 16.5. The van der Waals surface area contributed by atoms with Gasteiger partial charge in [0.15, 0.2) is 0 Å². The number of hydrogen-bond donors (Lipinski definition) is 2. The molecule has 4 heterocycles. The maximum atomic E-state index is 14.1. The van der Waals surface area contributed by atoms with Crippen molar-refractivity contribution in [3.63, 3.8) is 0 Å². The van der Waals surface area contributed by atoms with Crippen LogP contribution in [0.4, 0.5) is 0 Å². The first kappa shape index (κ1) is 29.0. The molecular weight excluding hydrogens is 526 g/mol. The fourth-order valence-corrected chi connectivity index (χ4v) is 6.59. The molecule has 1 spiro atoms. The van der Waals surface area contributed by atoms with Gasteiger partial charge in [-0.2, -0.15) is 0 Å². The van der Waals surface area contributed by atoms with E-state index >= 15 is 0 Å². The monoisotopic (exact) mass is 565 g/mol. The number of allylic oxidation sites excluding steroid dienone is 1. The number of amides is 3. The largest absolute Gasteiger partial charge is 0.463 e. The molecule has 220 valence electrons. The standard InChI is InChI=1S/C31H39N3O7/c1-2-3-9-16-33-17-10-15-31-26(29(38)34(18-19-35)27(31)30(33)39)25-23(41-31)13-7-8-14-24(36)40-20-22(32-28(25)37)21-11-5-4-6-12-21/h4-7,10-13,15,22-23,25-27,35H,2-3,8-9,14,16-20H2,1H3,(H,32,37)/b13-7-/t22-,23+,25-,26-,27+,31-/m1/s1. The van der Waals surface area contributed by atoms with E-state index in [9.17, 15) is 24.3 Å². The highest BCUT2D eigenvalue weighted by molar-refractivity contribution is 5.99. The number of likely N-dealkylation sites (tertiary alicyclic amines) is 1. The van der Waals surface area contributed by atoms with Gasteiger partial charge in [0, 0.05) is 26.1 Å². The van der Waals surface area contributed by atoms with E-state index in [0.29, 0.717) is 19.5 Å². The topological polar surface area (TPSA) is 125 Å². The number of nitrogens with zero attached hydrogens (tertiary/aromatic N) is 2. The Morgan fingerprint density at radius 3 is 2.61 bits per heavy atom. The van der Waals surface area contributed by atoms with Crippen LogP contribution in [0, 0.1) is 11.8 Å². The highest BCUT2D eigenvalue weighted by Crippen LogP contribution is 2.52. The minimum absolute atomic E-state index is 0.0368. The van der Waals surface area contributed by atoms with Crippen molar-refractivity contribution in [3.8, 4) is 0 Å². The van der Waals surface area contributed by atoms with E-state index in [-0.39, 0.29) is 44.0 Å². The second-order valence-electron chi connectivity index (χ2n) is 11.1. The van der Waals surface area contributed by atoms with Crippen LogP contribution < -0.4 is 5.32 Å². The summed E-state index contributed by atoms with van der Waals surface area (Å²) >= 11 is 0. The third-order valence-corrected chi connectivity index (χ3v) is 8.52. The number of aliphatic hydroxyl groups excluding tert-OH is 1. The van der Waals surface area contributed by atoms with Gasteiger partial charge < -0.3 is 29.7 Å². The summed E-state index contributed by atoms with van der Waals surface area (Å²) in [7, 11) is 0. The van der Waals surface area contributed by atoms with E-state index in [0.717, 1.165) is 24.8 Å². The molecule has 0 bridgehead atoms. The molecule has 10 nitrogen and oxygen atoms in total. The molecular formula is C31H39N3O7. The first-order valence-corrected chi connectivity index (χ1v) is 14.6. The average molecular weight is 566 g/mol. The Hall–Kier alpha value is -3.50. The molecule has 5 rings (SSSR count). The van der Waals surface area contributed by atoms with E-state index in [1.54, 1.807) is 23.1 Å². The van der Waals surface area contributed by atoms with Gasteiger partial charge >= 0.3 is 5.97 Å². The van der Waals surface area contributed by atoms with Crippen LogP contribution in [0.1, 0.15) is 50.6 Å². The van der Waals surface area contributed by atoms with Crippen LogP contribution in [0.2, 0.25) is 0 Å². The number of cyclic esters (lactones) is 1. The zero-order valence-electron chi connectivity index (χ0n) is 23.4. The summed E-state index contributed by atoms with van der Waals surface area (Å²) in [4.78, 5) is 57.7. The fraction of sp³-hybridized carbons (Fsp3) is 0.548. The Balaban J connectivity index is 1.54. The van der Waals surface area contributed by atoms with Gasteiger partial charge in [-0.3, -0.25) is 19.2 Å². The Kier molecular flexibility index (Phi) is 8.89. The lowest BCUT2D eigenvalue weighted by Gasteiger charge is -2.35. The lowest BCUT2D eigenvalue weighted by atomic mass is 9.77. The van der Waals surface area contributed by atoms with Crippen molar-refractivity contribution in [1.29, 1.82) is 0 Å². The van der Waals surface area contributed by atoms with Crippen LogP contribution in [-0.4, -0.2) is 89.2 Å². The van der Waals surface area contributed by atoms with Gasteiger partial charge in [0.2, 0.25) is 17.7 Å². The van der Waals surface area contributed by atoms with Crippen molar-refractivity contribution >= 4 is 23.7 Å². The molecule has 0 saturated carbocycles. The summed E-state index contributed by atoms with van der Waals surface area (Å²) in [6.45, 7) is 2.62. The van der Waals surface area contributed by atoms with Crippen LogP contribution in [0.15, 0.2) is 54.6 Å². The van der Waals surface area contributed by atoms with Gasteiger partial charge in [0.25, 0.3) is 0 Å². The quantitative estimate of drug-likeness (QED) is 0.294. The minimum atomic E-state index is -1.37. The zero-order chi connectivity index (χ0) is 29.0. The van der Waals surface area contributed by atoms with Crippen LogP contribution in [0.5, 0.6) is 0 Å². The molecule has 10 heteroatoms. The van der Waals surface area contributed by atoms with Crippen molar-refractivity contribution in [2.45, 2.75) is 62.8 Å². The Morgan fingerprint density at radius 2 is 1.85 bits per heavy atom. The molecule has 3 amide bonds. The lowest BCUT2D eigenvalue weighted by Crippen LogP contribution is -2.55. The number of carbonyl (C=O) groups is 4. The fourth-order valence-electron chi connectivity index (χ4n) is 6.59. The molecule has 2 N–H and O–H groups in total. The van der Waals surface area contributed by atoms with Crippen molar-refractivity contribution in [3.05, 3.63) is 60.2 Å². The molecule has 41 heavy (non-hydrogen) atoms.